The van der Waals surface area contributed by atoms with E-state index in [1.165, 1.54) is 0 Å². The van der Waals surface area contributed by atoms with Crippen molar-refractivity contribution in [3.8, 4) is 11.1 Å². The second-order valence-electron chi connectivity index (χ2n) is 5.77. The molecule has 0 fully saturated rings. The van der Waals surface area contributed by atoms with Crippen LogP contribution >= 0.6 is 23.2 Å². The third-order valence-corrected chi connectivity index (χ3v) is 4.85. The van der Waals surface area contributed by atoms with Crippen molar-refractivity contribution in [1.29, 1.82) is 0 Å². The summed E-state index contributed by atoms with van der Waals surface area (Å²) in [6.45, 7) is 0.212. The quantitative estimate of drug-likeness (QED) is 0.479. The highest BCUT2D eigenvalue weighted by Gasteiger charge is 2.12. The van der Waals surface area contributed by atoms with Crippen molar-refractivity contribution in [2.24, 2.45) is 0 Å². The van der Waals surface area contributed by atoms with Crippen molar-refractivity contribution in [3.63, 3.8) is 0 Å². The van der Waals surface area contributed by atoms with Gasteiger partial charge in [-0.25, -0.2) is 18.2 Å². The van der Waals surface area contributed by atoms with Gasteiger partial charge >= 0.3 is 0 Å². The van der Waals surface area contributed by atoms with E-state index >= 15 is 0 Å². The number of rotatable bonds is 6. The second-order valence-corrected chi connectivity index (χ2v) is 8.42. The molecule has 0 atom stereocenters. The molecule has 27 heavy (non-hydrogen) atoms. The van der Waals surface area contributed by atoms with Crippen LogP contribution in [0.2, 0.25) is 10.0 Å². The predicted octanol–water partition coefficient (Wildman–Crippen LogP) is 3.15. The molecule has 142 valence electrons. The zero-order chi connectivity index (χ0) is 19.6. The van der Waals surface area contributed by atoms with Gasteiger partial charge in [-0.1, -0.05) is 47.5 Å². The van der Waals surface area contributed by atoms with Gasteiger partial charge in [0, 0.05) is 17.8 Å². The molecule has 0 radical (unpaired) electrons. The Balaban J connectivity index is 1.82. The number of aromatic nitrogens is 3. The van der Waals surface area contributed by atoms with Crippen molar-refractivity contribution in [3.05, 3.63) is 52.0 Å². The maximum Gasteiger partial charge on any atom is 0.248 e. The number of sulfonamides is 1. The Morgan fingerprint density at radius 3 is 2.30 bits per heavy atom. The maximum absolute atomic E-state index is 11.2. The molecule has 0 aliphatic carbocycles. The van der Waals surface area contributed by atoms with Crippen molar-refractivity contribution >= 4 is 50.8 Å². The molecule has 0 saturated heterocycles. The van der Waals surface area contributed by atoms with Gasteiger partial charge in [0.2, 0.25) is 21.9 Å². The van der Waals surface area contributed by atoms with E-state index in [-0.39, 0.29) is 12.5 Å². The largest absolute Gasteiger partial charge is 0.368 e. The minimum absolute atomic E-state index is 0.191. The van der Waals surface area contributed by atoms with E-state index < -0.39 is 10.0 Å². The fraction of sp³-hybridized carbons (Fsp3) is 0.125. The van der Waals surface area contributed by atoms with E-state index in [4.69, 9.17) is 28.9 Å². The Kier molecular flexibility index (Phi) is 5.56. The number of hydrogen-bond donors (Lipinski definition) is 4. The number of aromatic amines is 1. The lowest BCUT2D eigenvalue weighted by Gasteiger charge is -2.11. The molecule has 2 aromatic carbocycles. The molecule has 11 heteroatoms. The SMILES string of the molecule is CS(=O)(=O)NCc1ccc(-c2c(Cl)cc(Nc3n[nH]c(N)n3)cc2Cl)cc1. The van der Waals surface area contributed by atoms with E-state index in [1.807, 2.05) is 24.3 Å². The molecule has 0 aliphatic rings. The van der Waals surface area contributed by atoms with Crippen molar-refractivity contribution in [2.45, 2.75) is 6.54 Å². The van der Waals surface area contributed by atoms with E-state index in [2.05, 4.69) is 25.2 Å². The summed E-state index contributed by atoms with van der Waals surface area (Å²) in [5.74, 6) is 0.492. The van der Waals surface area contributed by atoms with Crippen molar-refractivity contribution in [2.75, 3.05) is 17.3 Å². The molecule has 1 aromatic heterocycles. The van der Waals surface area contributed by atoms with Gasteiger partial charge in [0.1, 0.15) is 0 Å². The number of nitrogens with one attached hydrogen (secondary N) is 3. The number of benzene rings is 2. The first-order valence-electron chi connectivity index (χ1n) is 7.69. The molecule has 8 nitrogen and oxygen atoms in total. The van der Waals surface area contributed by atoms with Crippen LogP contribution in [0, 0.1) is 0 Å². The first-order valence-corrected chi connectivity index (χ1v) is 10.3. The van der Waals surface area contributed by atoms with Crippen molar-refractivity contribution in [1.82, 2.24) is 19.9 Å². The number of halogens is 2. The number of nitrogens with two attached hydrogens (primary N) is 1. The highest BCUT2D eigenvalue weighted by molar-refractivity contribution is 7.88. The predicted molar refractivity (Wildman–Crippen MR) is 108 cm³/mol. The van der Waals surface area contributed by atoms with E-state index in [1.54, 1.807) is 12.1 Å². The lowest BCUT2D eigenvalue weighted by Crippen LogP contribution is -2.21. The summed E-state index contributed by atoms with van der Waals surface area (Å²) < 4.78 is 24.8. The van der Waals surface area contributed by atoms with Crippen LogP contribution in [0.1, 0.15) is 5.56 Å². The standard InChI is InChI=1S/C16H16Cl2N6O2S/c1-27(25,26)20-8-9-2-4-10(5-3-9)14-12(17)6-11(7-13(14)18)21-16-22-15(19)23-24-16/h2-7,20H,8H2,1H3,(H4,19,21,22,23,24). The summed E-state index contributed by atoms with van der Waals surface area (Å²) in [4.78, 5) is 3.96. The second kappa shape index (κ2) is 7.73. The molecule has 0 aliphatic heterocycles. The van der Waals surface area contributed by atoms with Gasteiger partial charge in [0.15, 0.2) is 0 Å². The van der Waals surface area contributed by atoms with Gasteiger partial charge in [0.25, 0.3) is 0 Å². The van der Waals surface area contributed by atoms with Crippen molar-refractivity contribution < 1.29 is 8.42 Å². The van der Waals surface area contributed by atoms with Crippen LogP contribution in [0.15, 0.2) is 36.4 Å². The van der Waals surface area contributed by atoms with Gasteiger partial charge in [-0.3, -0.25) is 0 Å². The summed E-state index contributed by atoms with van der Waals surface area (Å²) >= 11 is 12.8. The molecule has 0 bridgehead atoms. The summed E-state index contributed by atoms with van der Waals surface area (Å²) in [5, 5.41) is 10.3. The van der Waals surface area contributed by atoms with Crippen LogP contribution in [0.25, 0.3) is 11.1 Å². The fourth-order valence-electron chi connectivity index (χ4n) is 2.38. The number of nitrogen functional groups attached to an aromatic ring is 1. The van der Waals surface area contributed by atoms with E-state index in [0.29, 0.717) is 27.2 Å². The Bertz CT molecular complexity index is 1040. The van der Waals surface area contributed by atoms with Gasteiger partial charge in [-0.05, 0) is 23.3 Å². The monoisotopic (exact) mass is 426 g/mol. The van der Waals surface area contributed by atoms with Crippen LogP contribution in [0.3, 0.4) is 0 Å². The van der Waals surface area contributed by atoms with Crippen LogP contribution in [0.5, 0.6) is 0 Å². The minimum Gasteiger partial charge on any atom is -0.368 e. The van der Waals surface area contributed by atoms with Crippen LogP contribution in [-0.4, -0.2) is 29.9 Å². The Hall–Kier alpha value is -2.33. The number of anilines is 3. The van der Waals surface area contributed by atoms with Gasteiger partial charge in [0.05, 0.1) is 16.3 Å². The average Bonchev–Trinajstić information content (AvgIpc) is 2.97. The number of H-pyrrole nitrogens is 1. The Morgan fingerprint density at radius 1 is 1.15 bits per heavy atom. The molecule has 0 amide bonds. The Labute approximate surface area is 166 Å². The average molecular weight is 427 g/mol. The molecular formula is C16H16Cl2N6O2S. The van der Waals surface area contributed by atoms with Gasteiger partial charge in [-0.2, -0.15) is 4.98 Å². The molecule has 1 heterocycles. The topological polar surface area (TPSA) is 126 Å². The number of nitrogens with zero attached hydrogens (tertiary/aromatic N) is 2. The summed E-state index contributed by atoms with van der Waals surface area (Å²) in [6.07, 6.45) is 1.11. The molecule has 3 aromatic rings. The Morgan fingerprint density at radius 2 is 1.78 bits per heavy atom. The third kappa shape index (κ3) is 5.10. The van der Waals surface area contributed by atoms with Gasteiger partial charge < -0.3 is 11.1 Å². The molecule has 0 unspecified atom stereocenters. The van der Waals surface area contributed by atoms with Crippen LogP contribution in [-0.2, 0) is 16.6 Å². The lowest BCUT2D eigenvalue weighted by atomic mass is 10.0. The van der Waals surface area contributed by atoms with E-state index in [9.17, 15) is 8.42 Å². The fourth-order valence-corrected chi connectivity index (χ4v) is 3.52. The van der Waals surface area contributed by atoms with Crippen LogP contribution < -0.4 is 15.8 Å². The normalized spacial score (nSPS) is 11.5. The summed E-state index contributed by atoms with van der Waals surface area (Å²) in [5.41, 5.74) is 8.39. The first kappa shape index (κ1) is 19.4. The molecule has 0 spiro atoms. The molecular weight excluding hydrogens is 411 g/mol. The lowest BCUT2D eigenvalue weighted by molar-refractivity contribution is 0.587. The van der Waals surface area contributed by atoms with Gasteiger partial charge in [-0.15, -0.1) is 5.10 Å². The third-order valence-electron chi connectivity index (χ3n) is 3.58. The highest BCUT2D eigenvalue weighted by Crippen LogP contribution is 2.37. The summed E-state index contributed by atoms with van der Waals surface area (Å²) in [7, 11) is -3.25. The minimum atomic E-state index is -3.25. The number of hydrogen-bond acceptors (Lipinski definition) is 6. The molecule has 0 saturated carbocycles. The molecule has 5 N–H and O–H groups in total. The smallest absolute Gasteiger partial charge is 0.248 e. The molecule has 3 rings (SSSR count). The maximum atomic E-state index is 11.2. The first-order chi connectivity index (χ1) is 12.7. The van der Waals surface area contributed by atoms with Crippen LogP contribution in [0.4, 0.5) is 17.6 Å². The summed E-state index contributed by atoms with van der Waals surface area (Å²) in [6, 6.07) is 10.7. The zero-order valence-corrected chi connectivity index (χ0v) is 16.5. The highest BCUT2D eigenvalue weighted by atomic mass is 35.5. The zero-order valence-electron chi connectivity index (χ0n) is 14.1. The van der Waals surface area contributed by atoms with E-state index in [0.717, 1.165) is 17.4 Å².